The van der Waals surface area contributed by atoms with Gasteiger partial charge in [0.15, 0.2) is 0 Å². The van der Waals surface area contributed by atoms with Crippen molar-refractivity contribution in [2.45, 2.75) is 26.7 Å². The fourth-order valence-corrected chi connectivity index (χ4v) is 1.49. The predicted octanol–water partition coefficient (Wildman–Crippen LogP) is 3.26. The summed E-state index contributed by atoms with van der Waals surface area (Å²) in [6, 6.07) is 6.19. The standard InChI is InChI=1S/C12H17N/c1-4-6-9(2)11-8-5-7-10(3)12(11)13/h4-9H,13H2,1-3H3/b6-4+. The zero-order chi connectivity index (χ0) is 9.84. The molecule has 0 spiro atoms. The van der Waals surface area contributed by atoms with Crippen LogP contribution in [-0.2, 0) is 0 Å². The summed E-state index contributed by atoms with van der Waals surface area (Å²) in [7, 11) is 0. The van der Waals surface area contributed by atoms with Crippen molar-refractivity contribution in [3.05, 3.63) is 41.5 Å². The van der Waals surface area contributed by atoms with E-state index in [0.717, 1.165) is 11.3 Å². The molecule has 1 heteroatoms. The van der Waals surface area contributed by atoms with Crippen LogP contribution in [0.25, 0.3) is 0 Å². The molecule has 0 bridgehead atoms. The van der Waals surface area contributed by atoms with Crippen LogP contribution in [0.3, 0.4) is 0 Å². The van der Waals surface area contributed by atoms with Crippen LogP contribution in [0.5, 0.6) is 0 Å². The lowest BCUT2D eigenvalue weighted by Gasteiger charge is -2.11. The van der Waals surface area contributed by atoms with Crippen molar-refractivity contribution in [1.29, 1.82) is 0 Å². The molecule has 1 atom stereocenters. The first kappa shape index (κ1) is 9.85. The molecule has 13 heavy (non-hydrogen) atoms. The van der Waals surface area contributed by atoms with Gasteiger partial charge < -0.3 is 5.73 Å². The second-order valence-corrected chi connectivity index (χ2v) is 3.39. The van der Waals surface area contributed by atoms with Gasteiger partial charge in [-0.25, -0.2) is 0 Å². The van der Waals surface area contributed by atoms with Gasteiger partial charge in [0.25, 0.3) is 0 Å². The number of hydrogen-bond donors (Lipinski definition) is 1. The minimum atomic E-state index is 0.407. The molecular formula is C12H17N. The van der Waals surface area contributed by atoms with Gasteiger partial charge in [0, 0.05) is 11.6 Å². The molecule has 0 amide bonds. The molecule has 0 radical (unpaired) electrons. The van der Waals surface area contributed by atoms with Gasteiger partial charge in [0.05, 0.1) is 0 Å². The molecule has 0 saturated heterocycles. The molecule has 1 rings (SSSR count). The van der Waals surface area contributed by atoms with Crippen molar-refractivity contribution < 1.29 is 0 Å². The Morgan fingerprint density at radius 2 is 2.08 bits per heavy atom. The molecule has 1 aromatic rings. The maximum Gasteiger partial charge on any atom is 0.0382 e. The Morgan fingerprint density at radius 1 is 1.38 bits per heavy atom. The highest BCUT2D eigenvalue weighted by Crippen LogP contribution is 2.25. The molecular weight excluding hydrogens is 158 g/mol. The Bertz CT molecular complexity index is 313. The summed E-state index contributed by atoms with van der Waals surface area (Å²) in [5.41, 5.74) is 9.29. The maximum absolute atomic E-state index is 5.98. The van der Waals surface area contributed by atoms with Crippen LogP contribution in [0.1, 0.15) is 30.9 Å². The Balaban J connectivity index is 3.07. The Hall–Kier alpha value is -1.24. The van der Waals surface area contributed by atoms with E-state index in [1.807, 2.05) is 19.9 Å². The maximum atomic E-state index is 5.98. The van der Waals surface area contributed by atoms with Crippen molar-refractivity contribution in [3.8, 4) is 0 Å². The summed E-state index contributed by atoms with van der Waals surface area (Å²) in [6.07, 6.45) is 4.22. The normalized spacial score (nSPS) is 13.5. The van der Waals surface area contributed by atoms with E-state index in [-0.39, 0.29) is 0 Å². The lowest BCUT2D eigenvalue weighted by Crippen LogP contribution is -1.99. The van der Waals surface area contributed by atoms with Gasteiger partial charge in [-0.15, -0.1) is 0 Å². The smallest absolute Gasteiger partial charge is 0.0382 e. The van der Waals surface area contributed by atoms with Crippen LogP contribution in [0, 0.1) is 6.92 Å². The minimum absolute atomic E-state index is 0.407. The predicted molar refractivity (Wildman–Crippen MR) is 58.8 cm³/mol. The highest BCUT2D eigenvalue weighted by molar-refractivity contribution is 5.55. The molecule has 0 fully saturated rings. The lowest BCUT2D eigenvalue weighted by molar-refractivity contribution is 0.966. The fourth-order valence-electron chi connectivity index (χ4n) is 1.49. The number of rotatable bonds is 2. The molecule has 0 saturated carbocycles. The molecule has 1 unspecified atom stereocenters. The summed E-state index contributed by atoms with van der Waals surface area (Å²) in [5.74, 6) is 0.407. The molecule has 0 aliphatic carbocycles. The number of hydrogen-bond acceptors (Lipinski definition) is 1. The number of benzene rings is 1. The second-order valence-electron chi connectivity index (χ2n) is 3.39. The van der Waals surface area contributed by atoms with E-state index in [2.05, 4.69) is 31.2 Å². The van der Waals surface area contributed by atoms with E-state index in [0.29, 0.717) is 5.92 Å². The van der Waals surface area contributed by atoms with Crippen LogP contribution in [-0.4, -0.2) is 0 Å². The van der Waals surface area contributed by atoms with Gasteiger partial charge in [0.2, 0.25) is 0 Å². The van der Waals surface area contributed by atoms with Gasteiger partial charge in [-0.2, -0.15) is 0 Å². The molecule has 0 aromatic heterocycles. The van der Waals surface area contributed by atoms with Gasteiger partial charge in [-0.05, 0) is 25.0 Å². The zero-order valence-electron chi connectivity index (χ0n) is 8.54. The zero-order valence-corrected chi connectivity index (χ0v) is 8.54. The van der Waals surface area contributed by atoms with E-state index in [4.69, 9.17) is 5.73 Å². The van der Waals surface area contributed by atoms with Crippen molar-refractivity contribution in [2.75, 3.05) is 5.73 Å². The second kappa shape index (κ2) is 4.13. The van der Waals surface area contributed by atoms with Crippen LogP contribution in [0.4, 0.5) is 5.69 Å². The first-order valence-corrected chi connectivity index (χ1v) is 4.64. The first-order chi connectivity index (χ1) is 6.16. The molecule has 0 aliphatic rings. The van der Waals surface area contributed by atoms with Gasteiger partial charge in [-0.1, -0.05) is 37.3 Å². The monoisotopic (exact) mass is 175 g/mol. The number of anilines is 1. The molecule has 70 valence electrons. The number of nitrogens with two attached hydrogens (primary N) is 1. The van der Waals surface area contributed by atoms with Crippen LogP contribution >= 0.6 is 0 Å². The van der Waals surface area contributed by atoms with Crippen LogP contribution in [0.15, 0.2) is 30.4 Å². The highest BCUT2D eigenvalue weighted by Gasteiger charge is 2.06. The van der Waals surface area contributed by atoms with Gasteiger partial charge >= 0.3 is 0 Å². The summed E-state index contributed by atoms with van der Waals surface area (Å²) >= 11 is 0. The van der Waals surface area contributed by atoms with E-state index >= 15 is 0 Å². The van der Waals surface area contributed by atoms with Crippen molar-refractivity contribution in [3.63, 3.8) is 0 Å². The van der Waals surface area contributed by atoms with Crippen molar-refractivity contribution >= 4 is 5.69 Å². The number of aryl methyl sites for hydroxylation is 1. The van der Waals surface area contributed by atoms with E-state index in [1.165, 1.54) is 5.56 Å². The third-order valence-corrected chi connectivity index (χ3v) is 2.33. The average molecular weight is 175 g/mol. The molecule has 0 aliphatic heterocycles. The van der Waals surface area contributed by atoms with E-state index < -0.39 is 0 Å². The average Bonchev–Trinajstić information content (AvgIpc) is 2.10. The summed E-state index contributed by atoms with van der Waals surface area (Å²) in [4.78, 5) is 0. The quantitative estimate of drug-likeness (QED) is 0.542. The van der Waals surface area contributed by atoms with Crippen LogP contribution in [0.2, 0.25) is 0 Å². The van der Waals surface area contributed by atoms with E-state index in [9.17, 15) is 0 Å². The van der Waals surface area contributed by atoms with E-state index in [1.54, 1.807) is 0 Å². The molecule has 1 nitrogen and oxygen atoms in total. The highest BCUT2D eigenvalue weighted by atomic mass is 14.6. The Labute approximate surface area is 80.3 Å². The third-order valence-electron chi connectivity index (χ3n) is 2.33. The van der Waals surface area contributed by atoms with Crippen LogP contribution < -0.4 is 5.73 Å². The van der Waals surface area contributed by atoms with Crippen molar-refractivity contribution in [1.82, 2.24) is 0 Å². The lowest BCUT2D eigenvalue weighted by atomic mass is 9.97. The summed E-state index contributed by atoms with van der Waals surface area (Å²) < 4.78 is 0. The van der Waals surface area contributed by atoms with Crippen molar-refractivity contribution in [2.24, 2.45) is 0 Å². The fraction of sp³-hybridized carbons (Fsp3) is 0.333. The largest absolute Gasteiger partial charge is 0.398 e. The number of para-hydroxylation sites is 1. The topological polar surface area (TPSA) is 26.0 Å². The SMILES string of the molecule is C/C=C/C(C)c1cccc(C)c1N. The van der Waals surface area contributed by atoms with Gasteiger partial charge in [0.1, 0.15) is 0 Å². The Kier molecular flexibility index (Phi) is 3.13. The minimum Gasteiger partial charge on any atom is -0.398 e. The number of allylic oxidation sites excluding steroid dienone is 2. The molecule has 2 N–H and O–H groups in total. The number of nitrogen functional groups attached to an aromatic ring is 1. The summed E-state index contributed by atoms with van der Waals surface area (Å²) in [5, 5.41) is 0. The first-order valence-electron chi connectivity index (χ1n) is 4.64. The molecule has 0 heterocycles. The summed E-state index contributed by atoms with van der Waals surface area (Å²) in [6.45, 7) is 6.23. The van der Waals surface area contributed by atoms with Gasteiger partial charge in [-0.3, -0.25) is 0 Å². The third kappa shape index (κ3) is 2.11. The Morgan fingerprint density at radius 3 is 2.69 bits per heavy atom. The molecule has 1 aromatic carbocycles.